The number of phosphoric acid groups is 1. The van der Waals surface area contributed by atoms with Gasteiger partial charge in [-0.05, 0) is 57.8 Å². The molecule has 8 nitrogen and oxygen atoms in total. The third-order valence-corrected chi connectivity index (χ3v) is 12.5. The first-order valence-corrected chi connectivity index (χ1v) is 27.3. The van der Waals surface area contributed by atoms with Crippen molar-refractivity contribution in [3.05, 3.63) is 36.5 Å². The van der Waals surface area contributed by atoms with Crippen LogP contribution >= 0.6 is 7.82 Å². The highest BCUT2D eigenvalue weighted by atomic mass is 31.2. The average molecular weight is 881 g/mol. The van der Waals surface area contributed by atoms with Gasteiger partial charge in [-0.25, -0.2) is 0 Å². The lowest BCUT2D eigenvalue weighted by Gasteiger charge is -2.29. The van der Waals surface area contributed by atoms with Crippen LogP contribution in [0.15, 0.2) is 36.5 Å². The van der Waals surface area contributed by atoms with Crippen LogP contribution in [-0.2, 0) is 18.4 Å². The summed E-state index contributed by atoms with van der Waals surface area (Å²) < 4.78 is 23.2. The summed E-state index contributed by atoms with van der Waals surface area (Å²) in [5, 5.41) is 13.8. The molecular weight excluding hydrogens is 780 g/mol. The lowest BCUT2D eigenvalue weighted by Crippen LogP contribution is -2.45. The topological polar surface area (TPSA) is 108 Å². The average Bonchev–Trinajstić information content (AvgIpc) is 3.21. The molecule has 9 heteroatoms. The van der Waals surface area contributed by atoms with E-state index in [2.05, 4.69) is 43.5 Å². The van der Waals surface area contributed by atoms with Crippen LogP contribution in [0.4, 0.5) is 0 Å². The molecule has 0 radical (unpaired) electrons. The molecule has 0 heterocycles. The van der Waals surface area contributed by atoms with Gasteiger partial charge in [0, 0.05) is 6.42 Å². The summed E-state index contributed by atoms with van der Waals surface area (Å²) in [6.07, 6.45) is 55.0. The van der Waals surface area contributed by atoms with Crippen LogP contribution in [0, 0.1) is 0 Å². The zero-order valence-electron chi connectivity index (χ0n) is 40.9. The second kappa shape index (κ2) is 43.9. The fourth-order valence-electron chi connectivity index (χ4n) is 7.46. The maximum atomic E-state index is 12.9. The maximum absolute atomic E-state index is 12.9. The number of phosphoric ester groups is 1. The third kappa shape index (κ3) is 46.5. The molecule has 0 rings (SSSR count). The van der Waals surface area contributed by atoms with Gasteiger partial charge < -0.3 is 28.8 Å². The van der Waals surface area contributed by atoms with E-state index in [0.717, 1.165) is 38.5 Å². The first kappa shape index (κ1) is 59.7. The molecule has 0 aromatic heterocycles. The van der Waals surface area contributed by atoms with Crippen molar-refractivity contribution in [1.82, 2.24) is 5.32 Å². The van der Waals surface area contributed by atoms with E-state index in [9.17, 15) is 19.4 Å². The molecular formula is C52H101N2O6P. The molecule has 0 fully saturated rings. The molecule has 2 N–H and O–H groups in total. The number of carbonyl (C=O) groups is 1. The van der Waals surface area contributed by atoms with Crippen molar-refractivity contribution in [2.24, 2.45) is 0 Å². The molecule has 3 unspecified atom stereocenters. The Morgan fingerprint density at radius 1 is 0.557 bits per heavy atom. The van der Waals surface area contributed by atoms with E-state index in [1.807, 2.05) is 27.2 Å². The van der Waals surface area contributed by atoms with Gasteiger partial charge in [-0.1, -0.05) is 211 Å². The van der Waals surface area contributed by atoms with Gasteiger partial charge in [-0.3, -0.25) is 9.36 Å². The summed E-state index contributed by atoms with van der Waals surface area (Å²) in [7, 11) is 1.24. The first-order valence-electron chi connectivity index (χ1n) is 25.9. The van der Waals surface area contributed by atoms with Gasteiger partial charge in [0.05, 0.1) is 39.9 Å². The van der Waals surface area contributed by atoms with E-state index in [4.69, 9.17) is 9.05 Å². The van der Waals surface area contributed by atoms with Crippen LogP contribution in [0.2, 0.25) is 0 Å². The van der Waals surface area contributed by atoms with Crippen LogP contribution in [0.25, 0.3) is 0 Å². The van der Waals surface area contributed by atoms with Gasteiger partial charge >= 0.3 is 0 Å². The standard InChI is InChI=1S/C52H101N2O6P/c1-6-8-10-12-14-16-18-20-22-23-24-25-26-27-28-29-30-31-32-34-36-38-40-42-44-46-52(56)53-50(49-60-61(57,58)59-48-47-54(3,4)5)51(55)45-43-41-39-37-35-33-21-19-17-15-13-11-9-7-2/h27-28,35,37,43,45,50-51,55H,6-26,29-34,36,38-42,44,46-49H2,1-5H3,(H-,53,56,57,58)/b28-27-,37-35+,45-43+. The van der Waals surface area contributed by atoms with E-state index in [1.54, 1.807) is 6.08 Å². The fourth-order valence-corrected chi connectivity index (χ4v) is 8.18. The molecule has 360 valence electrons. The van der Waals surface area contributed by atoms with Crippen molar-refractivity contribution in [2.45, 2.75) is 251 Å². The smallest absolute Gasteiger partial charge is 0.268 e. The number of aliphatic hydroxyl groups excluding tert-OH is 1. The van der Waals surface area contributed by atoms with Gasteiger partial charge in [0.1, 0.15) is 13.2 Å². The van der Waals surface area contributed by atoms with Crippen LogP contribution < -0.4 is 10.2 Å². The largest absolute Gasteiger partial charge is 0.756 e. The number of carbonyl (C=O) groups excluding carboxylic acids is 1. The first-order chi connectivity index (χ1) is 29.5. The summed E-state index contributed by atoms with van der Waals surface area (Å²) in [6, 6.07) is -0.903. The monoisotopic (exact) mass is 881 g/mol. The van der Waals surface area contributed by atoms with Crippen molar-refractivity contribution in [1.29, 1.82) is 0 Å². The van der Waals surface area contributed by atoms with Crippen molar-refractivity contribution < 1.29 is 32.9 Å². The van der Waals surface area contributed by atoms with Gasteiger partial charge in [0.2, 0.25) is 5.91 Å². The van der Waals surface area contributed by atoms with Gasteiger partial charge in [0.15, 0.2) is 0 Å². The van der Waals surface area contributed by atoms with Crippen molar-refractivity contribution in [3.8, 4) is 0 Å². The van der Waals surface area contributed by atoms with E-state index in [-0.39, 0.29) is 12.5 Å². The highest BCUT2D eigenvalue weighted by Gasteiger charge is 2.23. The zero-order valence-corrected chi connectivity index (χ0v) is 41.8. The maximum Gasteiger partial charge on any atom is 0.268 e. The molecule has 0 aliphatic carbocycles. The van der Waals surface area contributed by atoms with Crippen LogP contribution in [0.5, 0.6) is 0 Å². The molecule has 1 amide bonds. The molecule has 0 spiro atoms. The minimum absolute atomic E-state index is 0.00644. The number of unbranched alkanes of at least 4 members (excludes halogenated alkanes) is 30. The fraction of sp³-hybridized carbons (Fsp3) is 0.865. The van der Waals surface area contributed by atoms with Crippen LogP contribution in [0.1, 0.15) is 239 Å². The van der Waals surface area contributed by atoms with E-state index >= 15 is 0 Å². The molecule has 0 aliphatic rings. The summed E-state index contributed by atoms with van der Waals surface area (Å²) in [6.45, 7) is 4.63. The number of quaternary nitrogens is 1. The summed E-state index contributed by atoms with van der Waals surface area (Å²) in [5.41, 5.74) is 0. The SMILES string of the molecule is CCCCCCCCCC/C=C/CC/C=C/C(O)C(COP(=O)([O-])OCC[N+](C)(C)C)NC(=O)CCCCCCCCCCC/C=C\CCCCCCCCCCCCCC. The number of hydrogen-bond acceptors (Lipinski definition) is 6. The Hall–Kier alpha value is -1.28. The van der Waals surface area contributed by atoms with Gasteiger partial charge in [-0.15, -0.1) is 0 Å². The number of rotatable bonds is 47. The number of nitrogens with zero attached hydrogens (tertiary/aromatic N) is 1. The third-order valence-electron chi connectivity index (χ3n) is 11.6. The molecule has 0 aromatic rings. The molecule has 0 saturated carbocycles. The van der Waals surface area contributed by atoms with Crippen LogP contribution in [-0.4, -0.2) is 68.5 Å². The highest BCUT2D eigenvalue weighted by Crippen LogP contribution is 2.38. The van der Waals surface area contributed by atoms with Crippen molar-refractivity contribution >= 4 is 13.7 Å². The number of aliphatic hydroxyl groups is 1. The number of amides is 1. The van der Waals surface area contributed by atoms with E-state index in [0.29, 0.717) is 17.4 Å². The van der Waals surface area contributed by atoms with Gasteiger partial charge in [0.25, 0.3) is 7.82 Å². The normalized spacial score (nSPS) is 14.4. The summed E-state index contributed by atoms with van der Waals surface area (Å²) in [5.74, 6) is -0.209. The van der Waals surface area contributed by atoms with Crippen LogP contribution in [0.3, 0.4) is 0 Å². The number of likely N-dealkylation sites (N-methyl/N-ethyl adjacent to an activating group) is 1. The molecule has 61 heavy (non-hydrogen) atoms. The molecule has 0 bridgehead atoms. The van der Waals surface area contributed by atoms with E-state index in [1.165, 1.54) is 180 Å². The number of allylic oxidation sites excluding steroid dienone is 5. The molecule has 0 aliphatic heterocycles. The minimum Gasteiger partial charge on any atom is -0.756 e. The van der Waals surface area contributed by atoms with Crippen molar-refractivity contribution in [2.75, 3.05) is 40.9 Å². The predicted octanol–water partition coefficient (Wildman–Crippen LogP) is 14.4. The molecule has 0 saturated heterocycles. The number of hydrogen-bond donors (Lipinski definition) is 2. The second-order valence-corrected chi connectivity index (χ2v) is 20.3. The van der Waals surface area contributed by atoms with Gasteiger partial charge in [-0.2, -0.15) is 0 Å². The minimum atomic E-state index is -4.60. The van der Waals surface area contributed by atoms with E-state index < -0.39 is 26.6 Å². The lowest BCUT2D eigenvalue weighted by molar-refractivity contribution is -0.870. The summed E-state index contributed by atoms with van der Waals surface area (Å²) >= 11 is 0. The Morgan fingerprint density at radius 2 is 0.918 bits per heavy atom. The Bertz CT molecular complexity index is 1090. The quantitative estimate of drug-likeness (QED) is 0.0273. The Labute approximate surface area is 378 Å². The van der Waals surface area contributed by atoms with Crippen molar-refractivity contribution in [3.63, 3.8) is 0 Å². The summed E-state index contributed by atoms with van der Waals surface area (Å²) in [4.78, 5) is 25.4. The second-order valence-electron chi connectivity index (χ2n) is 18.9. The number of nitrogens with one attached hydrogen (secondary N) is 1. The lowest BCUT2D eigenvalue weighted by atomic mass is 10.0. The highest BCUT2D eigenvalue weighted by molar-refractivity contribution is 7.45. The Balaban J connectivity index is 4.24. The Kier molecular flexibility index (Phi) is 43.0. The molecule has 0 aromatic carbocycles. The molecule has 3 atom stereocenters. The predicted molar refractivity (Wildman–Crippen MR) is 261 cm³/mol. The zero-order chi connectivity index (χ0) is 45.0. The Morgan fingerprint density at radius 3 is 1.33 bits per heavy atom.